The van der Waals surface area contributed by atoms with Gasteiger partial charge in [-0.05, 0) is 67.9 Å². The zero-order valence-electron chi connectivity index (χ0n) is 16.6. The van der Waals surface area contributed by atoms with Crippen LogP contribution >= 0.6 is 12.2 Å². The highest BCUT2D eigenvalue weighted by atomic mass is 32.1. The maximum absolute atomic E-state index is 6.03. The second-order valence-corrected chi connectivity index (χ2v) is 6.63. The number of hydrazone groups is 1. The number of nitrogens with zero attached hydrogens (tertiary/aromatic N) is 1. The summed E-state index contributed by atoms with van der Waals surface area (Å²) in [5.74, 6) is 1.39. The molecule has 0 saturated carbocycles. The largest absolute Gasteiger partial charge is 0.490 e. The van der Waals surface area contributed by atoms with Gasteiger partial charge in [0.05, 0.1) is 12.8 Å². The fraction of sp³-hybridized carbons (Fsp3) is 0.273. The lowest BCUT2D eigenvalue weighted by Crippen LogP contribution is -2.31. The van der Waals surface area contributed by atoms with Crippen molar-refractivity contribution in [3.8, 4) is 11.5 Å². The van der Waals surface area contributed by atoms with E-state index in [9.17, 15) is 0 Å². The number of ether oxygens (including phenoxy) is 2. The van der Waals surface area contributed by atoms with E-state index in [1.165, 1.54) is 11.1 Å². The molecule has 5 nitrogen and oxygen atoms in total. The van der Waals surface area contributed by atoms with Gasteiger partial charge in [-0.25, -0.2) is 0 Å². The summed E-state index contributed by atoms with van der Waals surface area (Å²) in [5, 5.41) is 7.51. The van der Waals surface area contributed by atoms with Crippen molar-refractivity contribution in [2.45, 2.75) is 27.4 Å². The minimum absolute atomic E-state index is 0.439. The molecule has 6 heteroatoms. The van der Waals surface area contributed by atoms with Crippen LogP contribution in [0.15, 0.2) is 54.2 Å². The van der Waals surface area contributed by atoms with Gasteiger partial charge in [0.25, 0.3) is 0 Å². The van der Waals surface area contributed by atoms with Gasteiger partial charge in [-0.3, -0.25) is 5.43 Å². The van der Waals surface area contributed by atoms with Crippen LogP contribution < -0.4 is 20.2 Å². The highest BCUT2D eigenvalue weighted by molar-refractivity contribution is 7.80. The summed E-state index contributed by atoms with van der Waals surface area (Å²) in [6, 6.07) is 12.1. The molecule has 0 heterocycles. The molecule has 0 aliphatic rings. The average Bonchev–Trinajstić information content (AvgIpc) is 2.68. The fourth-order valence-electron chi connectivity index (χ4n) is 2.47. The Bertz CT molecular complexity index is 850. The third-order valence-electron chi connectivity index (χ3n) is 3.94. The summed E-state index contributed by atoms with van der Waals surface area (Å²) in [6.07, 6.45) is 3.40. The van der Waals surface area contributed by atoms with Crippen molar-refractivity contribution >= 4 is 23.5 Å². The Morgan fingerprint density at radius 3 is 2.71 bits per heavy atom. The Morgan fingerprint density at radius 1 is 1.14 bits per heavy atom. The smallest absolute Gasteiger partial charge is 0.187 e. The summed E-state index contributed by atoms with van der Waals surface area (Å²) >= 11 is 5.10. The van der Waals surface area contributed by atoms with E-state index in [1.54, 1.807) is 12.3 Å². The molecular weight excluding hydrogens is 370 g/mol. The van der Waals surface area contributed by atoms with Gasteiger partial charge in [0, 0.05) is 6.54 Å². The normalized spacial score (nSPS) is 10.5. The van der Waals surface area contributed by atoms with Crippen molar-refractivity contribution in [2.24, 2.45) is 5.10 Å². The van der Waals surface area contributed by atoms with E-state index in [-0.39, 0.29) is 0 Å². The third-order valence-corrected chi connectivity index (χ3v) is 4.18. The van der Waals surface area contributed by atoms with Crippen LogP contribution in [0.25, 0.3) is 0 Å². The summed E-state index contributed by atoms with van der Waals surface area (Å²) in [5.41, 5.74) is 7.23. The summed E-state index contributed by atoms with van der Waals surface area (Å²) < 4.78 is 11.8. The van der Waals surface area contributed by atoms with Gasteiger partial charge in [0.1, 0.15) is 6.61 Å². The van der Waals surface area contributed by atoms with Crippen LogP contribution in [0.4, 0.5) is 0 Å². The average molecular weight is 398 g/mol. The van der Waals surface area contributed by atoms with Gasteiger partial charge in [0.2, 0.25) is 0 Å². The molecule has 2 rings (SSSR count). The number of rotatable bonds is 9. The predicted molar refractivity (Wildman–Crippen MR) is 119 cm³/mol. The Kier molecular flexibility index (Phi) is 8.49. The Balaban J connectivity index is 2.06. The zero-order chi connectivity index (χ0) is 20.4. The molecule has 0 spiro atoms. The Hall–Kier alpha value is -2.86. The minimum Gasteiger partial charge on any atom is -0.490 e. The van der Waals surface area contributed by atoms with Crippen LogP contribution in [0.2, 0.25) is 0 Å². The molecule has 0 aromatic heterocycles. The number of benzene rings is 2. The summed E-state index contributed by atoms with van der Waals surface area (Å²) in [4.78, 5) is 0. The van der Waals surface area contributed by atoms with Crippen LogP contribution in [0, 0.1) is 13.8 Å². The minimum atomic E-state index is 0.439. The number of hydrogen-bond acceptors (Lipinski definition) is 4. The van der Waals surface area contributed by atoms with Crippen molar-refractivity contribution in [3.63, 3.8) is 0 Å². The first-order valence-corrected chi connectivity index (χ1v) is 9.58. The lowest BCUT2D eigenvalue weighted by atomic mass is 10.1. The molecule has 0 bridgehead atoms. The highest BCUT2D eigenvalue weighted by Crippen LogP contribution is 2.29. The molecule has 28 heavy (non-hydrogen) atoms. The van der Waals surface area contributed by atoms with Crippen LogP contribution in [0.5, 0.6) is 11.5 Å². The van der Waals surface area contributed by atoms with Crippen molar-refractivity contribution in [1.29, 1.82) is 0 Å². The molecule has 2 aromatic rings. The molecule has 2 N–H and O–H groups in total. The third kappa shape index (κ3) is 6.70. The SMILES string of the molecule is C=CCNC(=S)N/N=C/c1ccc(OCc2cc(C)ccc2C)c(OCC)c1. The fourth-order valence-corrected chi connectivity index (χ4v) is 2.61. The van der Waals surface area contributed by atoms with E-state index in [0.717, 1.165) is 11.1 Å². The second kappa shape index (κ2) is 11.1. The van der Waals surface area contributed by atoms with E-state index < -0.39 is 0 Å². The van der Waals surface area contributed by atoms with E-state index >= 15 is 0 Å². The van der Waals surface area contributed by atoms with E-state index in [1.807, 2.05) is 25.1 Å². The van der Waals surface area contributed by atoms with Gasteiger partial charge in [-0.1, -0.05) is 29.8 Å². The molecule has 0 unspecified atom stereocenters. The monoisotopic (exact) mass is 397 g/mol. The van der Waals surface area contributed by atoms with E-state index in [0.29, 0.717) is 36.4 Å². The van der Waals surface area contributed by atoms with E-state index in [2.05, 4.69) is 54.5 Å². The maximum atomic E-state index is 6.03. The zero-order valence-corrected chi connectivity index (χ0v) is 17.4. The number of hydrogen-bond donors (Lipinski definition) is 2. The number of aryl methyl sites for hydroxylation is 2. The number of thiocarbonyl (C=S) groups is 1. The predicted octanol–water partition coefficient (Wildman–Crippen LogP) is 4.27. The molecule has 0 saturated heterocycles. The maximum Gasteiger partial charge on any atom is 0.187 e. The number of nitrogens with one attached hydrogen (secondary N) is 2. The summed E-state index contributed by atoms with van der Waals surface area (Å²) in [7, 11) is 0. The topological polar surface area (TPSA) is 54.9 Å². The van der Waals surface area contributed by atoms with Crippen molar-refractivity contribution in [3.05, 3.63) is 71.3 Å². The molecule has 0 atom stereocenters. The molecule has 0 aliphatic heterocycles. The van der Waals surface area contributed by atoms with Crippen molar-refractivity contribution in [2.75, 3.05) is 13.2 Å². The molecule has 0 amide bonds. The van der Waals surface area contributed by atoms with Gasteiger partial charge in [-0.2, -0.15) is 5.10 Å². The van der Waals surface area contributed by atoms with Gasteiger partial charge < -0.3 is 14.8 Å². The molecule has 0 aliphatic carbocycles. The van der Waals surface area contributed by atoms with Gasteiger partial charge >= 0.3 is 0 Å². The molecule has 0 radical (unpaired) electrons. The molecule has 2 aromatic carbocycles. The van der Waals surface area contributed by atoms with Gasteiger partial charge in [0.15, 0.2) is 16.6 Å². The van der Waals surface area contributed by atoms with E-state index in [4.69, 9.17) is 21.7 Å². The lowest BCUT2D eigenvalue weighted by Gasteiger charge is -2.14. The van der Waals surface area contributed by atoms with Crippen LogP contribution in [0.1, 0.15) is 29.2 Å². The van der Waals surface area contributed by atoms with Crippen LogP contribution in [-0.2, 0) is 6.61 Å². The first kappa shape index (κ1) is 21.4. The molecule has 148 valence electrons. The Labute approximate surface area is 172 Å². The van der Waals surface area contributed by atoms with Crippen molar-refractivity contribution in [1.82, 2.24) is 10.7 Å². The summed E-state index contributed by atoms with van der Waals surface area (Å²) in [6.45, 7) is 11.4. The lowest BCUT2D eigenvalue weighted by molar-refractivity contribution is 0.269. The van der Waals surface area contributed by atoms with Crippen molar-refractivity contribution < 1.29 is 9.47 Å². The Morgan fingerprint density at radius 2 is 1.96 bits per heavy atom. The van der Waals surface area contributed by atoms with Crippen LogP contribution in [0.3, 0.4) is 0 Å². The first-order valence-electron chi connectivity index (χ1n) is 9.17. The molecular formula is C22H27N3O2S. The molecule has 0 fully saturated rings. The first-order chi connectivity index (χ1) is 13.5. The van der Waals surface area contributed by atoms with Crippen LogP contribution in [-0.4, -0.2) is 24.5 Å². The highest BCUT2D eigenvalue weighted by Gasteiger charge is 2.08. The standard InChI is InChI=1S/C22H27N3O2S/c1-5-11-23-22(28)25-24-14-18-9-10-20(21(13-18)26-6-2)27-15-19-12-16(3)7-8-17(19)4/h5,7-10,12-14H,1,6,11,15H2,2-4H3,(H2,23,25,28)/b24-14+. The quantitative estimate of drug-likeness (QED) is 0.286. The van der Waals surface area contributed by atoms with Gasteiger partial charge in [-0.15, -0.1) is 6.58 Å². The second-order valence-electron chi connectivity index (χ2n) is 6.23.